The molecule has 0 bridgehead atoms. The summed E-state index contributed by atoms with van der Waals surface area (Å²) >= 11 is 7.81. The molecule has 1 spiro atoms. The lowest BCUT2D eigenvalue weighted by atomic mass is 9.81. The first kappa shape index (κ1) is 20.2. The van der Waals surface area contributed by atoms with Crippen LogP contribution in [0.1, 0.15) is 29.5 Å². The molecule has 3 aromatic rings. The number of anilines is 3. The Morgan fingerprint density at radius 1 is 1.39 bits per heavy atom. The second-order valence-corrected chi connectivity index (χ2v) is 9.26. The summed E-state index contributed by atoms with van der Waals surface area (Å²) in [5, 5.41) is 13.5. The van der Waals surface area contributed by atoms with Gasteiger partial charge in [0.1, 0.15) is 10.0 Å². The van der Waals surface area contributed by atoms with Crippen LogP contribution in [0.4, 0.5) is 17.5 Å². The van der Waals surface area contributed by atoms with Gasteiger partial charge in [0, 0.05) is 41.4 Å². The molecule has 31 heavy (non-hydrogen) atoms. The van der Waals surface area contributed by atoms with Crippen molar-refractivity contribution in [3.8, 4) is 11.8 Å². The molecule has 5 rings (SSSR count). The molecule has 2 aromatic heterocycles. The fourth-order valence-corrected chi connectivity index (χ4v) is 5.01. The summed E-state index contributed by atoms with van der Waals surface area (Å²) in [5.41, 5.74) is 7.31. The van der Waals surface area contributed by atoms with Crippen LogP contribution in [-0.4, -0.2) is 39.8 Å². The number of halogens is 1. The van der Waals surface area contributed by atoms with Gasteiger partial charge in [0.25, 0.3) is 0 Å². The van der Waals surface area contributed by atoms with Gasteiger partial charge >= 0.3 is 0 Å². The number of fused-ring (bicyclic) bond motifs is 2. The molecular weight excluding hydrogens is 434 g/mol. The Morgan fingerprint density at radius 3 is 3.00 bits per heavy atom. The van der Waals surface area contributed by atoms with Gasteiger partial charge in [0.05, 0.1) is 12.8 Å². The van der Waals surface area contributed by atoms with Gasteiger partial charge in [0.15, 0.2) is 11.4 Å². The topological polar surface area (TPSA) is 97.4 Å². The van der Waals surface area contributed by atoms with Crippen LogP contribution < -0.4 is 10.6 Å². The van der Waals surface area contributed by atoms with Crippen LogP contribution in [0.25, 0.3) is 0 Å². The second kappa shape index (κ2) is 7.46. The molecular formula is C22H20ClN5O2S. The van der Waals surface area contributed by atoms with Crippen molar-refractivity contribution in [3.05, 3.63) is 57.1 Å². The fourth-order valence-electron chi connectivity index (χ4n) is 4.16. The highest BCUT2D eigenvalue weighted by atomic mass is 35.5. The van der Waals surface area contributed by atoms with Crippen LogP contribution in [0.15, 0.2) is 36.0 Å². The largest absolute Gasteiger partial charge is 0.380 e. The van der Waals surface area contributed by atoms with Crippen molar-refractivity contribution >= 4 is 40.4 Å². The maximum atomic E-state index is 10.7. The molecule has 158 valence electrons. The van der Waals surface area contributed by atoms with Crippen LogP contribution in [0.5, 0.6) is 0 Å². The highest BCUT2D eigenvalue weighted by molar-refractivity contribution is 7.09. The average molecular weight is 454 g/mol. The van der Waals surface area contributed by atoms with E-state index in [2.05, 4.69) is 37.8 Å². The van der Waals surface area contributed by atoms with Crippen molar-refractivity contribution in [1.29, 1.82) is 0 Å². The van der Waals surface area contributed by atoms with Crippen LogP contribution in [0.2, 0.25) is 5.02 Å². The van der Waals surface area contributed by atoms with E-state index in [0.717, 1.165) is 17.7 Å². The molecule has 4 heterocycles. The molecule has 2 atom stereocenters. The predicted octanol–water partition coefficient (Wildman–Crippen LogP) is 3.24. The van der Waals surface area contributed by atoms with E-state index in [1.165, 1.54) is 23.1 Å². The quantitative estimate of drug-likeness (QED) is 0.575. The Morgan fingerprint density at radius 2 is 2.26 bits per heavy atom. The number of aliphatic hydroxyl groups is 1. The molecule has 0 unspecified atom stereocenters. The maximum absolute atomic E-state index is 10.7. The van der Waals surface area contributed by atoms with Crippen molar-refractivity contribution in [2.24, 2.45) is 0 Å². The lowest BCUT2D eigenvalue weighted by molar-refractivity contribution is 0.122. The molecule has 7 nitrogen and oxygen atoms in total. The molecule has 0 saturated carbocycles. The minimum atomic E-state index is -1.32. The number of nitrogen functional groups attached to an aromatic ring is 1. The van der Waals surface area contributed by atoms with Crippen molar-refractivity contribution in [2.45, 2.75) is 24.4 Å². The van der Waals surface area contributed by atoms with Gasteiger partial charge in [-0.3, -0.25) is 0 Å². The summed E-state index contributed by atoms with van der Waals surface area (Å²) in [6, 6.07) is 6.07. The molecule has 1 fully saturated rings. The zero-order chi connectivity index (χ0) is 21.6. The fraction of sp³-hybridized carbons (Fsp3) is 0.318. The van der Waals surface area contributed by atoms with E-state index in [1.807, 2.05) is 17.5 Å². The number of nitrogens with two attached hydrogens (primary N) is 1. The number of nitrogens with zero attached hydrogens (tertiary/aromatic N) is 4. The van der Waals surface area contributed by atoms with Gasteiger partial charge in [-0.05, 0) is 31.0 Å². The summed E-state index contributed by atoms with van der Waals surface area (Å²) in [6.07, 6.45) is 4.09. The van der Waals surface area contributed by atoms with Crippen LogP contribution in [-0.2, 0) is 15.8 Å². The lowest BCUT2D eigenvalue weighted by Gasteiger charge is -2.24. The molecule has 0 aliphatic carbocycles. The van der Waals surface area contributed by atoms with E-state index >= 15 is 0 Å². The van der Waals surface area contributed by atoms with Crippen LogP contribution >= 0.6 is 22.9 Å². The normalized spacial score (nSPS) is 21.6. The third kappa shape index (κ3) is 3.54. The minimum absolute atomic E-state index is 0.128. The first-order chi connectivity index (χ1) is 14.9. The number of rotatable bonds is 2. The Kier molecular flexibility index (Phi) is 4.87. The van der Waals surface area contributed by atoms with Gasteiger partial charge < -0.3 is 20.5 Å². The number of thiazole rings is 1. The van der Waals surface area contributed by atoms with Crippen molar-refractivity contribution in [2.75, 3.05) is 30.4 Å². The van der Waals surface area contributed by atoms with Crippen molar-refractivity contribution in [3.63, 3.8) is 0 Å². The SMILES string of the molecule is C[C@](O)(C#Cc1ccc2c(c1)N(c1nc(N)ncc1Cl)C[C@]21CCOC1)c1nccs1. The zero-order valence-electron chi connectivity index (χ0n) is 16.8. The van der Waals surface area contributed by atoms with E-state index in [9.17, 15) is 5.11 Å². The summed E-state index contributed by atoms with van der Waals surface area (Å²) in [7, 11) is 0. The van der Waals surface area contributed by atoms with Gasteiger partial charge in [0.2, 0.25) is 5.95 Å². The van der Waals surface area contributed by atoms with E-state index in [0.29, 0.717) is 35.6 Å². The first-order valence-electron chi connectivity index (χ1n) is 9.81. The smallest absolute Gasteiger partial charge is 0.222 e. The summed E-state index contributed by atoms with van der Waals surface area (Å²) in [6.45, 7) is 3.68. The highest BCUT2D eigenvalue weighted by Crippen LogP contribution is 2.49. The Balaban J connectivity index is 1.58. The molecule has 0 amide bonds. The number of aromatic nitrogens is 3. The summed E-state index contributed by atoms with van der Waals surface area (Å²) in [5.74, 6) is 6.78. The predicted molar refractivity (Wildman–Crippen MR) is 121 cm³/mol. The van der Waals surface area contributed by atoms with Gasteiger partial charge in [-0.1, -0.05) is 29.5 Å². The number of ether oxygens (including phenoxy) is 1. The number of hydrogen-bond donors (Lipinski definition) is 2. The van der Waals surface area contributed by atoms with E-state index in [-0.39, 0.29) is 11.4 Å². The van der Waals surface area contributed by atoms with Gasteiger partial charge in [-0.25, -0.2) is 9.97 Å². The second-order valence-electron chi connectivity index (χ2n) is 7.96. The Labute approximate surface area is 188 Å². The summed E-state index contributed by atoms with van der Waals surface area (Å²) in [4.78, 5) is 14.6. The third-order valence-electron chi connectivity index (χ3n) is 5.72. The molecule has 2 aliphatic heterocycles. The molecule has 0 radical (unpaired) electrons. The first-order valence-corrected chi connectivity index (χ1v) is 11.1. The third-order valence-corrected chi connectivity index (χ3v) is 6.97. The minimum Gasteiger partial charge on any atom is -0.380 e. The Bertz CT molecular complexity index is 1200. The van der Waals surface area contributed by atoms with Gasteiger partial charge in [-0.15, -0.1) is 11.3 Å². The van der Waals surface area contributed by atoms with Crippen molar-refractivity contribution in [1.82, 2.24) is 15.0 Å². The highest BCUT2D eigenvalue weighted by Gasteiger charge is 2.46. The number of hydrogen-bond acceptors (Lipinski definition) is 8. The van der Waals surface area contributed by atoms with E-state index in [4.69, 9.17) is 22.1 Å². The van der Waals surface area contributed by atoms with Gasteiger partial charge in [-0.2, -0.15) is 4.98 Å². The summed E-state index contributed by atoms with van der Waals surface area (Å²) < 4.78 is 5.76. The van der Waals surface area contributed by atoms with Crippen LogP contribution in [0, 0.1) is 11.8 Å². The Hall–Kier alpha value is -2.70. The van der Waals surface area contributed by atoms with E-state index < -0.39 is 5.60 Å². The number of benzene rings is 1. The molecule has 3 N–H and O–H groups in total. The molecule has 1 aromatic carbocycles. The maximum Gasteiger partial charge on any atom is 0.222 e. The molecule has 1 saturated heterocycles. The monoisotopic (exact) mass is 453 g/mol. The zero-order valence-corrected chi connectivity index (χ0v) is 18.4. The lowest BCUT2D eigenvalue weighted by Crippen LogP contribution is -2.32. The molecule has 9 heteroatoms. The molecule has 2 aliphatic rings. The van der Waals surface area contributed by atoms with E-state index in [1.54, 1.807) is 13.1 Å². The standard InChI is InChI=1S/C22H20ClN5O2S/c1-21(29,19-25-7-9-31-19)5-4-14-2-3-15-17(10-14)28(12-22(15)6-8-30-13-22)18-16(23)11-26-20(24)27-18/h2-3,7,9-11,29H,6,8,12-13H2,1H3,(H2,24,26,27)/t21-,22-/m0/s1. The van der Waals surface area contributed by atoms with Crippen molar-refractivity contribution < 1.29 is 9.84 Å². The van der Waals surface area contributed by atoms with Crippen LogP contribution in [0.3, 0.4) is 0 Å². The average Bonchev–Trinajstić information content (AvgIpc) is 3.50.